The molecule has 1 amide bonds. The van der Waals surface area contributed by atoms with E-state index < -0.39 is 0 Å². The lowest BCUT2D eigenvalue weighted by Gasteiger charge is -2.22. The first-order valence-corrected chi connectivity index (χ1v) is 7.76. The number of methoxy groups -OCH3 is 1. The lowest BCUT2D eigenvalue weighted by atomic mass is 9.89. The fourth-order valence-electron chi connectivity index (χ4n) is 3.07. The Kier molecular flexibility index (Phi) is 5.10. The number of nitrogens with two attached hydrogens (primary N) is 1. The van der Waals surface area contributed by atoms with E-state index in [1.54, 1.807) is 19.2 Å². The first-order valence-electron chi connectivity index (χ1n) is 7.76. The van der Waals surface area contributed by atoms with Gasteiger partial charge in [-0.15, -0.1) is 0 Å². The predicted molar refractivity (Wildman–Crippen MR) is 85.5 cm³/mol. The molecule has 1 fully saturated rings. The van der Waals surface area contributed by atoms with E-state index >= 15 is 0 Å². The van der Waals surface area contributed by atoms with E-state index in [9.17, 15) is 4.79 Å². The highest BCUT2D eigenvalue weighted by atomic mass is 16.5. The number of para-hydroxylation sites is 1. The number of hydrogen-bond acceptors (Lipinski definition) is 3. The minimum atomic E-state index is 0.0239. The highest BCUT2D eigenvalue weighted by Crippen LogP contribution is 2.28. The highest BCUT2D eigenvalue weighted by molar-refractivity contribution is 6.00. The molecule has 0 radical (unpaired) electrons. The van der Waals surface area contributed by atoms with Gasteiger partial charge in [-0.25, -0.2) is 0 Å². The van der Waals surface area contributed by atoms with Crippen LogP contribution in [0.1, 0.15) is 43.5 Å². The number of nitrogens with zero attached hydrogens (tertiary/aromatic N) is 1. The molecule has 1 aromatic rings. The number of rotatable bonds is 3. The van der Waals surface area contributed by atoms with Crippen molar-refractivity contribution < 1.29 is 9.53 Å². The molecule has 1 saturated heterocycles. The Bertz CT molecular complexity index is 500. The number of nitrogen functional groups attached to an aromatic ring is 1. The van der Waals surface area contributed by atoms with Crippen LogP contribution in [-0.2, 0) is 0 Å². The van der Waals surface area contributed by atoms with Crippen molar-refractivity contribution in [3.05, 3.63) is 23.8 Å². The molecule has 0 bridgehead atoms. The van der Waals surface area contributed by atoms with E-state index in [2.05, 4.69) is 13.8 Å². The molecule has 4 heteroatoms. The number of ether oxygens (including phenoxy) is 1. The fraction of sp³-hybridized carbons (Fsp3) is 0.588. The maximum atomic E-state index is 12.7. The minimum absolute atomic E-state index is 0.0239. The summed E-state index contributed by atoms with van der Waals surface area (Å²) in [5.41, 5.74) is 7.04. The second kappa shape index (κ2) is 6.83. The van der Waals surface area contributed by atoms with Crippen molar-refractivity contribution in [2.24, 2.45) is 11.8 Å². The summed E-state index contributed by atoms with van der Waals surface area (Å²) in [6.07, 6.45) is 3.35. The molecule has 1 heterocycles. The largest absolute Gasteiger partial charge is 0.495 e. The van der Waals surface area contributed by atoms with Gasteiger partial charge in [-0.3, -0.25) is 4.79 Å². The van der Waals surface area contributed by atoms with Crippen LogP contribution in [-0.4, -0.2) is 31.0 Å². The van der Waals surface area contributed by atoms with Crippen molar-refractivity contribution in [1.29, 1.82) is 0 Å². The predicted octanol–water partition coefficient (Wildman–Crippen LogP) is 3.18. The molecule has 4 nitrogen and oxygen atoms in total. The molecule has 0 aromatic heterocycles. The maximum Gasteiger partial charge on any atom is 0.256 e. The highest BCUT2D eigenvalue weighted by Gasteiger charge is 2.24. The number of amides is 1. The van der Waals surface area contributed by atoms with E-state index in [1.807, 2.05) is 11.0 Å². The Hall–Kier alpha value is -1.71. The van der Waals surface area contributed by atoms with E-state index in [0.717, 1.165) is 25.9 Å². The van der Waals surface area contributed by atoms with Gasteiger partial charge in [0.25, 0.3) is 5.91 Å². The molecule has 0 saturated carbocycles. The quantitative estimate of drug-likeness (QED) is 0.870. The molecule has 2 N–H and O–H groups in total. The lowest BCUT2D eigenvalue weighted by molar-refractivity contribution is 0.0759. The van der Waals surface area contributed by atoms with Crippen LogP contribution in [0.4, 0.5) is 5.69 Å². The molecule has 0 aliphatic carbocycles. The molecule has 1 aliphatic heterocycles. The molecular formula is C17H26N2O2. The smallest absolute Gasteiger partial charge is 0.256 e. The van der Waals surface area contributed by atoms with Crippen LogP contribution in [0.2, 0.25) is 0 Å². The molecule has 116 valence electrons. The SMILES string of the molecule is COc1cccc(C(=O)N2CCCC(C(C)C)CC2)c1N. The molecule has 1 unspecified atom stereocenters. The Morgan fingerprint density at radius 3 is 2.76 bits per heavy atom. The third-order valence-corrected chi connectivity index (χ3v) is 4.52. The average molecular weight is 290 g/mol. The maximum absolute atomic E-state index is 12.7. The van der Waals surface area contributed by atoms with Gasteiger partial charge < -0.3 is 15.4 Å². The number of benzene rings is 1. The van der Waals surface area contributed by atoms with Gasteiger partial charge in [0, 0.05) is 13.1 Å². The van der Waals surface area contributed by atoms with Crippen molar-refractivity contribution in [3.63, 3.8) is 0 Å². The molecule has 1 aliphatic rings. The summed E-state index contributed by atoms with van der Waals surface area (Å²) in [6, 6.07) is 5.38. The number of hydrogen-bond donors (Lipinski definition) is 1. The Morgan fingerprint density at radius 1 is 1.33 bits per heavy atom. The van der Waals surface area contributed by atoms with E-state index in [1.165, 1.54) is 6.42 Å². The zero-order valence-corrected chi connectivity index (χ0v) is 13.3. The monoisotopic (exact) mass is 290 g/mol. The van der Waals surface area contributed by atoms with Gasteiger partial charge in [0.2, 0.25) is 0 Å². The van der Waals surface area contributed by atoms with Crippen LogP contribution in [0.3, 0.4) is 0 Å². The molecule has 0 spiro atoms. The van der Waals surface area contributed by atoms with Crippen molar-refractivity contribution in [2.75, 3.05) is 25.9 Å². The second-order valence-electron chi connectivity index (χ2n) is 6.15. The Labute approximate surface area is 127 Å². The van der Waals surface area contributed by atoms with Crippen LogP contribution in [0.25, 0.3) is 0 Å². The van der Waals surface area contributed by atoms with Crippen molar-refractivity contribution in [1.82, 2.24) is 4.90 Å². The zero-order chi connectivity index (χ0) is 15.4. The van der Waals surface area contributed by atoms with Crippen LogP contribution in [0.5, 0.6) is 5.75 Å². The third kappa shape index (κ3) is 3.49. The molecule has 21 heavy (non-hydrogen) atoms. The fourth-order valence-corrected chi connectivity index (χ4v) is 3.07. The van der Waals surface area contributed by atoms with E-state index in [-0.39, 0.29) is 5.91 Å². The number of carbonyl (C=O) groups is 1. The lowest BCUT2D eigenvalue weighted by Crippen LogP contribution is -2.32. The van der Waals surface area contributed by atoms with Gasteiger partial charge in [0.15, 0.2) is 0 Å². The normalized spacial score (nSPS) is 19.4. The van der Waals surface area contributed by atoms with Gasteiger partial charge >= 0.3 is 0 Å². The van der Waals surface area contributed by atoms with E-state index in [4.69, 9.17) is 10.5 Å². The summed E-state index contributed by atoms with van der Waals surface area (Å²) in [5.74, 6) is 1.99. The van der Waals surface area contributed by atoms with Gasteiger partial charge in [-0.2, -0.15) is 0 Å². The number of likely N-dealkylation sites (tertiary alicyclic amines) is 1. The summed E-state index contributed by atoms with van der Waals surface area (Å²) in [7, 11) is 1.57. The van der Waals surface area contributed by atoms with Crippen LogP contribution < -0.4 is 10.5 Å². The summed E-state index contributed by atoms with van der Waals surface area (Å²) < 4.78 is 5.20. The van der Waals surface area contributed by atoms with Crippen molar-refractivity contribution in [3.8, 4) is 5.75 Å². The van der Waals surface area contributed by atoms with Gasteiger partial charge in [0.05, 0.1) is 18.4 Å². The van der Waals surface area contributed by atoms with Gasteiger partial charge in [0.1, 0.15) is 5.75 Å². The molecule has 1 aromatic carbocycles. The van der Waals surface area contributed by atoms with Gasteiger partial charge in [-0.1, -0.05) is 19.9 Å². The van der Waals surface area contributed by atoms with Crippen LogP contribution in [0.15, 0.2) is 18.2 Å². The topological polar surface area (TPSA) is 55.6 Å². The minimum Gasteiger partial charge on any atom is -0.495 e. The number of anilines is 1. The first kappa shape index (κ1) is 15.7. The standard InChI is InChI=1S/C17H26N2O2/c1-12(2)13-6-5-10-19(11-9-13)17(20)14-7-4-8-15(21-3)16(14)18/h4,7-8,12-13H,5-6,9-11,18H2,1-3H3. The zero-order valence-electron chi connectivity index (χ0n) is 13.3. The summed E-state index contributed by atoms with van der Waals surface area (Å²) in [6.45, 7) is 6.17. The van der Waals surface area contributed by atoms with Gasteiger partial charge in [-0.05, 0) is 43.2 Å². The Balaban J connectivity index is 2.13. The summed E-state index contributed by atoms with van der Waals surface area (Å²) in [4.78, 5) is 14.6. The molecule has 1 atom stereocenters. The van der Waals surface area contributed by atoms with Crippen LogP contribution in [0, 0.1) is 11.8 Å². The average Bonchev–Trinajstić information content (AvgIpc) is 2.73. The van der Waals surface area contributed by atoms with Crippen molar-refractivity contribution in [2.45, 2.75) is 33.1 Å². The second-order valence-corrected chi connectivity index (χ2v) is 6.15. The van der Waals surface area contributed by atoms with E-state index in [0.29, 0.717) is 28.8 Å². The molecular weight excluding hydrogens is 264 g/mol. The van der Waals surface area contributed by atoms with Crippen molar-refractivity contribution >= 4 is 11.6 Å². The first-order chi connectivity index (χ1) is 10.0. The Morgan fingerprint density at radius 2 is 2.10 bits per heavy atom. The summed E-state index contributed by atoms with van der Waals surface area (Å²) in [5, 5.41) is 0. The van der Waals surface area contributed by atoms with Crippen LogP contribution >= 0.6 is 0 Å². The summed E-state index contributed by atoms with van der Waals surface area (Å²) >= 11 is 0. The molecule has 2 rings (SSSR count). The number of carbonyl (C=O) groups excluding carboxylic acids is 1. The third-order valence-electron chi connectivity index (χ3n) is 4.52.